The molecule has 0 spiro atoms. The molecule has 6 heteroatoms. The normalized spacial score (nSPS) is 12.4. The number of benzene rings is 1. The Balaban J connectivity index is 2.66. The van der Waals surface area contributed by atoms with E-state index in [1.54, 1.807) is 13.8 Å². The Labute approximate surface area is 114 Å². The highest BCUT2D eigenvalue weighted by atomic mass is 19.1. The Bertz CT molecular complexity index is 705. The van der Waals surface area contributed by atoms with Crippen molar-refractivity contribution in [2.75, 3.05) is 5.73 Å². The predicted molar refractivity (Wildman–Crippen MR) is 72.5 cm³/mol. The molecule has 2 aromatic rings. The van der Waals surface area contributed by atoms with Crippen molar-refractivity contribution < 1.29 is 8.78 Å². The molecular formula is C14H15F2N3O. The third-order valence-electron chi connectivity index (χ3n) is 3.43. The minimum atomic E-state index is -0.701. The minimum Gasteiger partial charge on any atom is -0.369 e. The SMILES string of the molecule is Cc1c(C(C)c2c(F)cccc2F)nc(N)n(C)c1=O. The maximum atomic E-state index is 13.8. The number of hydrogen-bond acceptors (Lipinski definition) is 3. The molecule has 4 nitrogen and oxygen atoms in total. The quantitative estimate of drug-likeness (QED) is 0.915. The van der Waals surface area contributed by atoms with Gasteiger partial charge in [-0.1, -0.05) is 13.0 Å². The maximum absolute atomic E-state index is 13.8. The van der Waals surface area contributed by atoms with Crippen LogP contribution in [0.1, 0.15) is 29.7 Å². The predicted octanol–water partition coefficient (Wildman–Crippen LogP) is 2.10. The highest BCUT2D eigenvalue weighted by Gasteiger charge is 2.22. The lowest BCUT2D eigenvalue weighted by Gasteiger charge is -2.17. The number of halogens is 2. The van der Waals surface area contributed by atoms with Crippen LogP contribution in [0.25, 0.3) is 0 Å². The Morgan fingerprint density at radius 1 is 1.30 bits per heavy atom. The van der Waals surface area contributed by atoms with E-state index in [2.05, 4.69) is 4.98 Å². The van der Waals surface area contributed by atoms with Gasteiger partial charge in [-0.25, -0.2) is 13.8 Å². The van der Waals surface area contributed by atoms with E-state index in [1.165, 1.54) is 29.8 Å². The molecule has 2 rings (SSSR count). The van der Waals surface area contributed by atoms with E-state index in [1.807, 2.05) is 0 Å². The first-order chi connectivity index (χ1) is 9.34. The van der Waals surface area contributed by atoms with Crippen molar-refractivity contribution in [2.45, 2.75) is 19.8 Å². The minimum absolute atomic E-state index is 0.0131. The van der Waals surface area contributed by atoms with Crippen LogP contribution in [0.5, 0.6) is 0 Å². The molecule has 1 atom stereocenters. The first-order valence-corrected chi connectivity index (χ1v) is 6.11. The monoisotopic (exact) mass is 279 g/mol. The van der Waals surface area contributed by atoms with Crippen LogP contribution < -0.4 is 11.3 Å². The fourth-order valence-electron chi connectivity index (χ4n) is 2.23. The van der Waals surface area contributed by atoms with Crippen molar-refractivity contribution >= 4 is 5.95 Å². The summed E-state index contributed by atoms with van der Waals surface area (Å²) in [5.41, 5.74) is 5.83. The molecule has 0 bridgehead atoms. The molecule has 1 aromatic heterocycles. The van der Waals surface area contributed by atoms with Crippen molar-refractivity contribution in [2.24, 2.45) is 7.05 Å². The van der Waals surface area contributed by atoms with Crippen molar-refractivity contribution in [1.82, 2.24) is 9.55 Å². The molecule has 20 heavy (non-hydrogen) atoms. The van der Waals surface area contributed by atoms with E-state index in [9.17, 15) is 13.6 Å². The first-order valence-electron chi connectivity index (χ1n) is 6.11. The molecule has 106 valence electrons. The van der Waals surface area contributed by atoms with E-state index < -0.39 is 17.6 Å². The van der Waals surface area contributed by atoms with Gasteiger partial charge >= 0.3 is 0 Å². The van der Waals surface area contributed by atoms with E-state index in [-0.39, 0.29) is 22.8 Å². The molecule has 0 aliphatic rings. The third kappa shape index (κ3) is 2.17. The highest BCUT2D eigenvalue weighted by molar-refractivity contribution is 5.36. The molecule has 0 amide bonds. The van der Waals surface area contributed by atoms with Gasteiger partial charge in [-0.05, 0) is 19.1 Å². The zero-order valence-electron chi connectivity index (χ0n) is 11.4. The lowest BCUT2D eigenvalue weighted by molar-refractivity contribution is 0.544. The summed E-state index contributed by atoms with van der Waals surface area (Å²) in [5, 5.41) is 0. The van der Waals surface area contributed by atoms with Gasteiger partial charge in [0.15, 0.2) is 0 Å². The summed E-state index contributed by atoms with van der Waals surface area (Å²) >= 11 is 0. The average molecular weight is 279 g/mol. The zero-order chi connectivity index (χ0) is 15.0. The number of nitrogen functional groups attached to an aromatic ring is 1. The second-order valence-corrected chi connectivity index (χ2v) is 4.70. The van der Waals surface area contributed by atoms with Gasteiger partial charge in [-0.15, -0.1) is 0 Å². The van der Waals surface area contributed by atoms with Crippen LogP contribution in [-0.4, -0.2) is 9.55 Å². The van der Waals surface area contributed by atoms with Crippen LogP contribution >= 0.6 is 0 Å². The fraction of sp³-hybridized carbons (Fsp3) is 0.286. The first kappa shape index (κ1) is 14.2. The second kappa shape index (κ2) is 5.03. The average Bonchev–Trinajstić information content (AvgIpc) is 2.40. The van der Waals surface area contributed by atoms with Gasteiger partial charge in [0.25, 0.3) is 5.56 Å². The molecule has 0 saturated heterocycles. The van der Waals surface area contributed by atoms with Crippen LogP contribution in [0.15, 0.2) is 23.0 Å². The lowest BCUT2D eigenvalue weighted by Crippen LogP contribution is -2.26. The van der Waals surface area contributed by atoms with Gasteiger partial charge in [0.05, 0.1) is 5.69 Å². The van der Waals surface area contributed by atoms with Crippen molar-refractivity contribution in [1.29, 1.82) is 0 Å². The molecule has 0 saturated carbocycles. The van der Waals surface area contributed by atoms with Gasteiger partial charge in [0, 0.05) is 24.1 Å². The van der Waals surface area contributed by atoms with Crippen LogP contribution in [0.2, 0.25) is 0 Å². The number of aromatic nitrogens is 2. The Kier molecular flexibility index (Phi) is 3.57. The Hall–Kier alpha value is -2.24. The largest absolute Gasteiger partial charge is 0.369 e. The number of hydrogen-bond donors (Lipinski definition) is 1. The van der Waals surface area contributed by atoms with Gasteiger partial charge in [0.1, 0.15) is 11.6 Å². The number of nitrogens with zero attached hydrogens (tertiary/aromatic N) is 2. The fourth-order valence-corrected chi connectivity index (χ4v) is 2.23. The summed E-state index contributed by atoms with van der Waals surface area (Å²) in [5.74, 6) is -2.03. The van der Waals surface area contributed by atoms with Gasteiger partial charge in [0.2, 0.25) is 5.95 Å². The summed E-state index contributed by atoms with van der Waals surface area (Å²) < 4.78 is 28.8. The van der Waals surface area contributed by atoms with Gasteiger partial charge in [-0.2, -0.15) is 0 Å². The van der Waals surface area contributed by atoms with E-state index in [0.717, 1.165) is 0 Å². The zero-order valence-corrected chi connectivity index (χ0v) is 11.4. The van der Waals surface area contributed by atoms with E-state index >= 15 is 0 Å². The standard InChI is InChI=1S/C14H15F2N3O/c1-7(11-9(15)5-4-6-10(11)16)12-8(2)13(20)19(3)14(17)18-12/h4-7H,1-3H3,(H2,17,18). The summed E-state index contributed by atoms with van der Waals surface area (Å²) in [7, 11) is 1.50. The van der Waals surface area contributed by atoms with Crippen LogP contribution in [-0.2, 0) is 7.05 Å². The Morgan fingerprint density at radius 2 is 1.85 bits per heavy atom. The summed E-state index contributed by atoms with van der Waals surface area (Å²) in [4.78, 5) is 16.1. The summed E-state index contributed by atoms with van der Waals surface area (Å²) in [6.45, 7) is 3.16. The number of anilines is 1. The molecule has 0 aliphatic heterocycles. The summed E-state index contributed by atoms with van der Waals surface area (Å²) in [6.07, 6.45) is 0. The van der Waals surface area contributed by atoms with Crippen molar-refractivity contribution in [3.05, 3.63) is 57.0 Å². The number of rotatable bonds is 2. The second-order valence-electron chi connectivity index (χ2n) is 4.70. The maximum Gasteiger partial charge on any atom is 0.257 e. The van der Waals surface area contributed by atoms with Crippen molar-refractivity contribution in [3.63, 3.8) is 0 Å². The molecule has 0 radical (unpaired) electrons. The molecule has 0 aliphatic carbocycles. The Morgan fingerprint density at radius 3 is 2.40 bits per heavy atom. The molecule has 1 heterocycles. The number of nitrogens with two attached hydrogens (primary N) is 1. The van der Waals surface area contributed by atoms with Gasteiger partial charge in [-0.3, -0.25) is 9.36 Å². The third-order valence-corrected chi connectivity index (χ3v) is 3.43. The van der Waals surface area contributed by atoms with Crippen LogP contribution in [0.4, 0.5) is 14.7 Å². The smallest absolute Gasteiger partial charge is 0.257 e. The molecular weight excluding hydrogens is 264 g/mol. The summed E-state index contributed by atoms with van der Waals surface area (Å²) in [6, 6.07) is 3.64. The van der Waals surface area contributed by atoms with Crippen molar-refractivity contribution in [3.8, 4) is 0 Å². The molecule has 1 unspecified atom stereocenters. The van der Waals surface area contributed by atoms with Gasteiger partial charge < -0.3 is 5.73 Å². The topological polar surface area (TPSA) is 60.9 Å². The molecule has 2 N–H and O–H groups in total. The van der Waals surface area contributed by atoms with E-state index in [0.29, 0.717) is 5.56 Å². The molecule has 1 aromatic carbocycles. The van der Waals surface area contributed by atoms with Crippen LogP contribution in [0.3, 0.4) is 0 Å². The lowest BCUT2D eigenvalue weighted by atomic mass is 9.94. The highest BCUT2D eigenvalue weighted by Crippen LogP contribution is 2.28. The molecule has 0 fully saturated rings. The van der Waals surface area contributed by atoms with E-state index in [4.69, 9.17) is 5.73 Å². The van der Waals surface area contributed by atoms with Crippen LogP contribution in [0, 0.1) is 18.6 Å².